The van der Waals surface area contributed by atoms with Crippen molar-refractivity contribution in [3.63, 3.8) is 0 Å². The second-order valence-corrected chi connectivity index (χ2v) is 8.03. The number of hydrogen-bond donors (Lipinski definition) is 2. The van der Waals surface area contributed by atoms with E-state index in [2.05, 4.69) is 27.4 Å². The number of carbonyl (C=O) groups excluding carboxylic acids is 1. The number of likely N-dealkylation sites (N-methyl/N-ethyl adjacent to an activating group) is 1. The second-order valence-electron chi connectivity index (χ2n) is 8.03. The number of non-ortho nitro benzene ring substituents is 1. The van der Waals surface area contributed by atoms with Crippen LogP contribution in [0.15, 0.2) is 29.3 Å². The van der Waals surface area contributed by atoms with Gasteiger partial charge in [0.05, 0.1) is 18.0 Å². The predicted octanol–water partition coefficient (Wildman–Crippen LogP) is 2.46. The Morgan fingerprint density at radius 1 is 1.23 bits per heavy atom. The van der Waals surface area contributed by atoms with Gasteiger partial charge in [0.1, 0.15) is 0 Å². The standard InChI is InChI=1S/C21H34N6O3.HI/c1-17-9-13-26(14-10-17)12-4-11-22-21(24-16-20(28)25(2)3)23-15-18-5-7-19(8-6-18)27(29)30;/h5-8,17H,4,9-16H2,1-3H3,(H2,22,23,24);1H. The molecule has 1 aliphatic rings. The van der Waals surface area contributed by atoms with E-state index in [9.17, 15) is 14.9 Å². The zero-order chi connectivity index (χ0) is 21.9. The molecule has 2 N–H and O–H groups in total. The molecule has 1 heterocycles. The van der Waals surface area contributed by atoms with Gasteiger partial charge in [-0.2, -0.15) is 0 Å². The fraction of sp³-hybridized carbons (Fsp3) is 0.619. The summed E-state index contributed by atoms with van der Waals surface area (Å²) in [6.07, 6.45) is 3.53. The van der Waals surface area contributed by atoms with Crippen molar-refractivity contribution in [2.75, 3.05) is 46.8 Å². The van der Waals surface area contributed by atoms with E-state index in [0.717, 1.165) is 44.1 Å². The number of rotatable bonds is 9. The van der Waals surface area contributed by atoms with E-state index in [1.54, 1.807) is 26.2 Å². The Morgan fingerprint density at radius 2 is 1.87 bits per heavy atom. The molecule has 174 valence electrons. The summed E-state index contributed by atoms with van der Waals surface area (Å²) in [4.78, 5) is 30.8. The van der Waals surface area contributed by atoms with E-state index in [-0.39, 0.29) is 42.1 Å². The van der Waals surface area contributed by atoms with Gasteiger partial charge in [-0.25, -0.2) is 4.99 Å². The molecule has 1 aliphatic heterocycles. The van der Waals surface area contributed by atoms with Crippen LogP contribution in [0.4, 0.5) is 5.69 Å². The van der Waals surface area contributed by atoms with E-state index in [0.29, 0.717) is 12.5 Å². The topological polar surface area (TPSA) is 103 Å². The third-order valence-corrected chi connectivity index (χ3v) is 5.29. The monoisotopic (exact) mass is 546 g/mol. The molecule has 1 fully saturated rings. The number of aliphatic imine (C=N–C) groups is 1. The number of nitro benzene ring substituents is 1. The minimum atomic E-state index is -0.419. The molecule has 2 rings (SSSR count). The number of benzene rings is 1. The van der Waals surface area contributed by atoms with Crippen LogP contribution < -0.4 is 10.6 Å². The summed E-state index contributed by atoms with van der Waals surface area (Å²) in [5.74, 6) is 1.36. The first-order valence-electron chi connectivity index (χ1n) is 10.5. The number of halogens is 1. The molecule has 0 aliphatic carbocycles. The fourth-order valence-electron chi connectivity index (χ4n) is 3.18. The highest BCUT2D eigenvalue weighted by Crippen LogP contribution is 2.15. The van der Waals surface area contributed by atoms with E-state index in [1.165, 1.54) is 29.9 Å². The highest BCUT2D eigenvalue weighted by Gasteiger charge is 2.15. The fourth-order valence-corrected chi connectivity index (χ4v) is 3.18. The Balaban J connectivity index is 0.00000480. The lowest BCUT2D eigenvalue weighted by atomic mass is 9.99. The summed E-state index contributed by atoms with van der Waals surface area (Å²) in [7, 11) is 3.43. The van der Waals surface area contributed by atoms with Gasteiger partial charge in [-0.3, -0.25) is 14.9 Å². The number of nitrogens with one attached hydrogen (secondary N) is 2. The Kier molecular flexibility index (Phi) is 12.4. The van der Waals surface area contributed by atoms with Crippen molar-refractivity contribution in [2.45, 2.75) is 32.7 Å². The normalized spacial score (nSPS) is 15.1. The summed E-state index contributed by atoms with van der Waals surface area (Å²) in [6, 6.07) is 6.34. The molecule has 1 aromatic carbocycles. The molecule has 1 amide bonds. The van der Waals surface area contributed by atoms with Crippen molar-refractivity contribution >= 4 is 41.5 Å². The number of nitrogens with zero attached hydrogens (tertiary/aromatic N) is 4. The van der Waals surface area contributed by atoms with Gasteiger partial charge in [-0.15, -0.1) is 24.0 Å². The lowest BCUT2D eigenvalue weighted by Gasteiger charge is -2.30. The van der Waals surface area contributed by atoms with Crippen LogP contribution in [-0.4, -0.2) is 73.4 Å². The second kappa shape index (κ2) is 14.2. The summed E-state index contributed by atoms with van der Waals surface area (Å²) in [5.41, 5.74) is 0.922. The lowest BCUT2D eigenvalue weighted by Crippen LogP contribution is -2.43. The molecular weight excluding hydrogens is 511 g/mol. The van der Waals surface area contributed by atoms with Crippen LogP contribution in [-0.2, 0) is 11.3 Å². The Labute approximate surface area is 201 Å². The zero-order valence-electron chi connectivity index (χ0n) is 18.7. The largest absolute Gasteiger partial charge is 0.356 e. The highest BCUT2D eigenvalue weighted by atomic mass is 127. The first-order chi connectivity index (χ1) is 14.3. The number of piperidine rings is 1. The molecule has 0 atom stereocenters. The van der Waals surface area contributed by atoms with E-state index in [1.807, 2.05) is 0 Å². The number of guanidine groups is 1. The average Bonchev–Trinajstić information content (AvgIpc) is 2.73. The molecule has 0 saturated carbocycles. The Bertz CT molecular complexity index is 718. The van der Waals surface area contributed by atoms with Crippen molar-refractivity contribution in [1.29, 1.82) is 0 Å². The van der Waals surface area contributed by atoms with Crippen LogP contribution in [0.25, 0.3) is 0 Å². The molecule has 1 aromatic rings. The van der Waals surface area contributed by atoms with Crippen LogP contribution in [0.5, 0.6) is 0 Å². The maximum absolute atomic E-state index is 11.9. The third-order valence-electron chi connectivity index (χ3n) is 5.29. The van der Waals surface area contributed by atoms with Gasteiger partial charge in [0.2, 0.25) is 5.91 Å². The summed E-state index contributed by atoms with van der Waals surface area (Å²) in [6.45, 7) is 6.97. The van der Waals surface area contributed by atoms with Crippen molar-refractivity contribution in [3.05, 3.63) is 39.9 Å². The molecule has 0 unspecified atom stereocenters. The van der Waals surface area contributed by atoms with Gasteiger partial charge < -0.3 is 20.4 Å². The van der Waals surface area contributed by atoms with Gasteiger partial charge in [-0.05, 0) is 50.4 Å². The van der Waals surface area contributed by atoms with Crippen molar-refractivity contribution in [1.82, 2.24) is 20.4 Å². The van der Waals surface area contributed by atoms with E-state index >= 15 is 0 Å². The maximum Gasteiger partial charge on any atom is 0.269 e. The van der Waals surface area contributed by atoms with Gasteiger partial charge in [-0.1, -0.05) is 19.1 Å². The molecule has 0 aromatic heterocycles. The Hall–Kier alpha value is -1.95. The molecule has 0 spiro atoms. The minimum Gasteiger partial charge on any atom is -0.356 e. The van der Waals surface area contributed by atoms with Crippen LogP contribution in [0.1, 0.15) is 31.7 Å². The van der Waals surface area contributed by atoms with Crippen molar-refractivity contribution in [2.24, 2.45) is 10.9 Å². The number of amides is 1. The van der Waals surface area contributed by atoms with E-state index < -0.39 is 4.92 Å². The molecule has 1 saturated heterocycles. The van der Waals surface area contributed by atoms with Crippen LogP contribution >= 0.6 is 24.0 Å². The van der Waals surface area contributed by atoms with Gasteiger partial charge in [0.25, 0.3) is 5.69 Å². The minimum absolute atomic E-state index is 0. The summed E-state index contributed by atoms with van der Waals surface area (Å²) in [5, 5.41) is 17.1. The van der Waals surface area contributed by atoms with Gasteiger partial charge >= 0.3 is 0 Å². The smallest absolute Gasteiger partial charge is 0.269 e. The SMILES string of the molecule is CC1CCN(CCCNC(=NCc2ccc([N+](=O)[O-])cc2)NCC(=O)N(C)C)CC1.I. The maximum atomic E-state index is 11.9. The molecule has 0 bridgehead atoms. The van der Waals surface area contributed by atoms with Crippen LogP contribution in [0.2, 0.25) is 0 Å². The Morgan fingerprint density at radius 3 is 2.45 bits per heavy atom. The van der Waals surface area contributed by atoms with Crippen LogP contribution in [0.3, 0.4) is 0 Å². The number of nitro groups is 1. The first-order valence-corrected chi connectivity index (χ1v) is 10.5. The zero-order valence-corrected chi connectivity index (χ0v) is 21.0. The third kappa shape index (κ3) is 10.3. The number of carbonyl (C=O) groups is 1. The van der Waals surface area contributed by atoms with Gasteiger partial charge in [0.15, 0.2) is 5.96 Å². The summed E-state index contributed by atoms with van der Waals surface area (Å²) >= 11 is 0. The highest BCUT2D eigenvalue weighted by molar-refractivity contribution is 14.0. The molecule has 0 radical (unpaired) electrons. The van der Waals surface area contributed by atoms with Crippen LogP contribution in [0, 0.1) is 16.0 Å². The summed E-state index contributed by atoms with van der Waals surface area (Å²) < 4.78 is 0. The number of likely N-dealkylation sites (tertiary alicyclic amines) is 1. The lowest BCUT2D eigenvalue weighted by molar-refractivity contribution is -0.384. The van der Waals surface area contributed by atoms with Gasteiger partial charge in [0, 0.05) is 32.8 Å². The van der Waals surface area contributed by atoms with E-state index in [4.69, 9.17) is 0 Å². The van der Waals surface area contributed by atoms with Crippen molar-refractivity contribution in [3.8, 4) is 0 Å². The molecule has 10 heteroatoms. The molecular formula is C21H35IN6O3. The predicted molar refractivity (Wildman–Crippen MR) is 134 cm³/mol. The first kappa shape index (κ1) is 27.1. The van der Waals surface area contributed by atoms with Crippen molar-refractivity contribution < 1.29 is 9.72 Å². The molecule has 31 heavy (non-hydrogen) atoms. The average molecular weight is 546 g/mol. The quantitative estimate of drug-likeness (QED) is 0.123. The molecule has 9 nitrogen and oxygen atoms in total. The number of hydrogen-bond acceptors (Lipinski definition) is 5.